The summed E-state index contributed by atoms with van der Waals surface area (Å²) in [5.41, 5.74) is 6.34. The predicted molar refractivity (Wildman–Crippen MR) is 52.7 cm³/mol. The van der Waals surface area contributed by atoms with Crippen LogP contribution in [0, 0.1) is 5.41 Å². The SMILES string of the molecule is CCO[C@H](C(=N)N)c1ccccc1. The maximum atomic E-state index is 7.35. The van der Waals surface area contributed by atoms with Crippen LogP contribution in [0.4, 0.5) is 0 Å². The smallest absolute Gasteiger partial charge is 0.139 e. The molecule has 3 heteroatoms. The molecule has 0 aromatic heterocycles. The lowest BCUT2D eigenvalue weighted by atomic mass is 10.1. The van der Waals surface area contributed by atoms with E-state index in [1.807, 2.05) is 37.3 Å². The number of benzene rings is 1. The van der Waals surface area contributed by atoms with Crippen molar-refractivity contribution in [3.8, 4) is 0 Å². The first-order valence-corrected chi connectivity index (χ1v) is 4.26. The van der Waals surface area contributed by atoms with E-state index < -0.39 is 6.10 Å². The third kappa shape index (κ3) is 2.56. The number of nitrogens with one attached hydrogen (secondary N) is 1. The number of hydrogen-bond acceptors (Lipinski definition) is 2. The van der Waals surface area contributed by atoms with Crippen LogP contribution in [0.3, 0.4) is 0 Å². The molecule has 1 atom stereocenters. The standard InChI is InChI=1S/C10H14N2O/c1-2-13-9(10(11)12)8-6-4-3-5-7-8/h3-7,9H,2H2,1H3,(H3,11,12)/t9-/m0/s1. The van der Waals surface area contributed by atoms with Gasteiger partial charge in [-0.05, 0) is 12.5 Å². The Labute approximate surface area is 78.0 Å². The molecular weight excluding hydrogens is 164 g/mol. The van der Waals surface area contributed by atoms with Gasteiger partial charge in [-0.1, -0.05) is 30.3 Å². The van der Waals surface area contributed by atoms with Crippen LogP contribution >= 0.6 is 0 Å². The Kier molecular flexibility index (Phi) is 3.46. The van der Waals surface area contributed by atoms with Crippen molar-refractivity contribution < 1.29 is 4.74 Å². The predicted octanol–water partition coefficient (Wildman–Crippen LogP) is 1.70. The molecule has 0 amide bonds. The largest absolute Gasteiger partial charge is 0.385 e. The number of hydrogen-bond donors (Lipinski definition) is 2. The number of rotatable bonds is 4. The molecule has 0 saturated carbocycles. The average molecular weight is 178 g/mol. The van der Waals surface area contributed by atoms with Crippen LogP contribution < -0.4 is 5.73 Å². The molecule has 0 saturated heterocycles. The van der Waals surface area contributed by atoms with Gasteiger partial charge in [-0.15, -0.1) is 0 Å². The first kappa shape index (κ1) is 9.74. The Morgan fingerprint density at radius 1 is 1.46 bits per heavy atom. The zero-order valence-electron chi connectivity index (χ0n) is 7.66. The monoisotopic (exact) mass is 178 g/mol. The summed E-state index contributed by atoms with van der Waals surface area (Å²) in [5, 5.41) is 7.35. The van der Waals surface area contributed by atoms with E-state index in [4.69, 9.17) is 15.9 Å². The molecule has 1 aromatic rings. The molecule has 0 spiro atoms. The molecule has 0 radical (unpaired) electrons. The van der Waals surface area contributed by atoms with E-state index in [0.717, 1.165) is 5.56 Å². The van der Waals surface area contributed by atoms with Gasteiger partial charge in [-0.2, -0.15) is 0 Å². The van der Waals surface area contributed by atoms with E-state index in [1.54, 1.807) is 0 Å². The summed E-state index contributed by atoms with van der Waals surface area (Å²) in [7, 11) is 0. The van der Waals surface area contributed by atoms with Crippen LogP contribution in [-0.4, -0.2) is 12.4 Å². The lowest BCUT2D eigenvalue weighted by Gasteiger charge is -2.15. The second kappa shape index (κ2) is 4.62. The minimum Gasteiger partial charge on any atom is -0.385 e. The van der Waals surface area contributed by atoms with Gasteiger partial charge in [0, 0.05) is 6.61 Å². The molecule has 0 bridgehead atoms. The fourth-order valence-corrected chi connectivity index (χ4v) is 1.16. The Bertz CT molecular complexity index is 272. The van der Waals surface area contributed by atoms with Gasteiger partial charge in [0.25, 0.3) is 0 Å². The van der Waals surface area contributed by atoms with Crippen LogP contribution in [-0.2, 0) is 4.74 Å². The van der Waals surface area contributed by atoms with Crippen molar-refractivity contribution in [2.24, 2.45) is 5.73 Å². The first-order chi connectivity index (χ1) is 6.25. The molecule has 13 heavy (non-hydrogen) atoms. The minimum atomic E-state index is -0.397. The number of amidine groups is 1. The Hall–Kier alpha value is -1.35. The van der Waals surface area contributed by atoms with E-state index in [9.17, 15) is 0 Å². The molecule has 70 valence electrons. The second-order valence-corrected chi connectivity index (χ2v) is 2.70. The van der Waals surface area contributed by atoms with Crippen LogP contribution in [0.15, 0.2) is 30.3 Å². The van der Waals surface area contributed by atoms with Crippen molar-refractivity contribution in [1.29, 1.82) is 5.41 Å². The van der Waals surface area contributed by atoms with Gasteiger partial charge in [0.1, 0.15) is 11.9 Å². The third-order valence-electron chi connectivity index (χ3n) is 1.72. The van der Waals surface area contributed by atoms with Gasteiger partial charge in [-0.25, -0.2) is 0 Å². The molecular formula is C10H14N2O. The molecule has 3 nitrogen and oxygen atoms in total. The molecule has 0 heterocycles. The van der Waals surface area contributed by atoms with Gasteiger partial charge in [0.05, 0.1) is 0 Å². The van der Waals surface area contributed by atoms with Crippen LogP contribution in [0.5, 0.6) is 0 Å². The third-order valence-corrected chi connectivity index (χ3v) is 1.72. The zero-order valence-corrected chi connectivity index (χ0v) is 7.66. The van der Waals surface area contributed by atoms with E-state index >= 15 is 0 Å². The normalized spacial score (nSPS) is 12.4. The highest BCUT2D eigenvalue weighted by Crippen LogP contribution is 2.15. The molecule has 1 rings (SSSR count). The summed E-state index contributed by atoms with van der Waals surface area (Å²) < 4.78 is 5.34. The van der Waals surface area contributed by atoms with Gasteiger partial charge in [0.2, 0.25) is 0 Å². The minimum absolute atomic E-state index is 0.0491. The maximum Gasteiger partial charge on any atom is 0.139 e. The summed E-state index contributed by atoms with van der Waals surface area (Å²) in [6, 6.07) is 9.55. The van der Waals surface area contributed by atoms with Crippen LogP contribution in [0.2, 0.25) is 0 Å². The first-order valence-electron chi connectivity index (χ1n) is 4.26. The Morgan fingerprint density at radius 3 is 2.54 bits per heavy atom. The van der Waals surface area contributed by atoms with Crippen LogP contribution in [0.1, 0.15) is 18.6 Å². The average Bonchev–Trinajstić information content (AvgIpc) is 2.15. The van der Waals surface area contributed by atoms with Gasteiger partial charge in [0.15, 0.2) is 0 Å². The lowest BCUT2D eigenvalue weighted by molar-refractivity contribution is 0.109. The summed E-state index contributed by atoms with van der Waals surface area (Å²) in [6.45, 7) is 2.44. The molecule has 0 fully saturated rings. The molecule has 0 aliphatic heterocycles. The summed E-state index contributed by atoms with van der Waals surface area (Å²) in [6.07, 6.45) is -0.397. The fourth-order valence-electron chi connectivity index (χ4n) is 1.16. The van der Waals surface area contributed by atoms with Crippen molar-refractivity contribution in [1.82, 2.24) is 0 Å². The van der Waals surface area contributed by atoms with E-state index in [-0.39, 0.29) is 5.84 Å². The summed E-state index contributed by atoms with van der Waals surface area (Å²) >= 11 is 0. The van der Waals surface area contributed by atoms with Crippen molar-refractivity contribution in [3.63, 3.8) is 0 Å². The summed E-state index contributed by atoms with van der Waals surface area (Å²) in [4.78, 5) is 0. The van der Waals surface area contributed by atoms with E-state index in [1.165, 1.54) is 0 Å². The van der Waals surface area contributed by atoms with Crippen molar-refractivity contribution >= 4 is 5.84 Å². The van der Waals surface area contributed by atoms with Crippen molar-refractivity contribution in [2.75, 3.05) is 6.61 Å². The molecule has 0 aliphatic rings. The highest BCUT2D eigenvalue weighted by Gasteiger charge is 2.13. The zero-order chi connectivity index (χ0) is 9.68. The van der Waals surface area contributed by atoms with Gasteiger partial charge >= 0.3 is 0 Å². The van der Waals surface area contributed by atoms with Crippen LogP contribution in [0.25, 0.3) is 0 Å². The molecule has 3 N–H and O–H groups in total. The Morgan fingerprint density at radius 2 is 2.08 bits per heavy atom. The highest BCUT2D eigenvalue weighted by molar-refractivity contribution is 5.83. The Balaban J connectivity index is 2.82. The number of ether oxygens (including phenoxy) is 1. The van der Waals surface area contributed by atoms with Crippen molar-refractivity contribution in [3.05, 3.63) is 35.9 Å². The van der Waals surface area contributed by atoms with Crippen molar-refractivity contribution in [2.45, 2.75) is 13.0 Å². The molecule has 0 unspecified atom stereocenters. The van der Waals surface area contributed by atoms with Gasteiger partial charge in [-0.3, -0.25) is 5.41 Å². The highest BCUT2D eigenvalue weighted by atomic mass is 16.5. The van der Waals surface area contributed by atoms with Gasteiger partial charge < -0.3 is 10.5 Å². The fraction of sp³-hybridized carbons (Fsp3) is 0.300. The second-order valence-electron chi connectivity index (χ2n) is 2.70. The number of nitrogens with two attached hydrogens (primary N) is 1. The molecule has 1 aromatic carbocycles. The maximum absolute atomic E-state index is 7.35. The van der Waals surface area contributed by atoms with E-state index in [2.05, 4.69) is 0 Å². The van der Waals surface area contributed by atoms with E-state index in [0.29, 0.717) is 6.61 Å². The topological polar surface area (TPSA) is 59.1 Å². The molecule has 0 aliphatic carbocycles. The lowest BCUT2D eigenvalue weighted by Crippen LogP contribution is -2.23. The summed E-state index contributed by atoms with van der Waals surface area (Å²) in [5.74, 6) is 0.0491. The quantitative estimate of drug-likeness (QED) is 0.544.